The van der Waals surface area contributed by atoms with Crippen molar-refractivity contribution in [2.75, 3.05) is 33.7 Å². The number of hydrogen-bond donors (Lipinski definition) is 1. The van der Waals surface area contributed by atoms with Gasteiger partial charge in [-0.05, 0) is 31.6 Å². The summed E-state index contributed by atoms with van der Waals surface area (Å²) in [6.07, 6.45) is 2.47. The van der Waals surface area contributed by atoms with Gasteiger partial charge in [-0.3, -0.25) is 9.59 Å². The van der Waals surface area contributed by atoms with Crippen LogP contribution >= 0.6 is 0 Å². The fourth-order valence-electron chi connectivity index (χ4n) is 3.90. The third-order valence-electron chi connectivity index (χ3n) is 5.21. The number of carbonyl (C=O) groups excluding carboxylic acids is 3. The van der Waals surface area contributed by atoms with Crippen molar-refractivity contribution in [1.82, 2.24) is 20.0 Å². The van der Waals surface area contributed by atoms with Crippen LogP contribution in [0.3, 0.4) is 0 Å². The van der Waals surface area contributed by atoms with E-state index < -0.39 is 11.6 Å². The van der Waals surface area contributed by atoms with E-state index in [1.165, 1.54) is 0 Å². The van der Waals surface area contributed by atoms with Crippen LogP contribution in [0, 0.1) is 5.92 Å². The molecule has 142 valence electrons. The molecule has 2 aliphatic heterocycles. The predicted octanol–water partition coefficient (Wildman–Crippen LogP) is 1.29. The molecule has 7 nitrogen and oxygen atoms in total. The van der Waals surface area contributed by atoms with Gasteiger partial charge in [0.15, 0.2) is 0 Å². The average molecular weight is 352 g/mol. The Hall–Kier alpha value is -1.79. The van der Waals surface area contributed by atoms with E-state index >= 15 is 0 Å². The first-order valence-corrected chi connectivity index (χ1v) is 9.31. The van der Waals surface area contributed by atoms with E-state index in [-0.39, 0.29) is 17.8 Å². The Morgan fingerprint density at radius 1 is 1.28 bits per heavy atom. The minimum atomic E-state index is -0.802. The Bertz CT molecular complexity index is 524. The van der Waals surface area contributed by atoms with Gasteiger partial charge in [0.05, 0.1) is 0 Å². The molecule has 2 saturated heterocycles. The van der Waals surface area contributed by atoms with Crippen LogP contribution in [-0.4, -0.2) is 77.9 Å². The lowest BCUT2D eigenvalue weighted by Gasteiger charge is -2.52. The van der Waals surface area contributed by atoms with Gasteiger partial charge in [0.25, 0.3) is 0 Å². The number of nitrogens with zero attached hydrogens (tertiary/aromatic N) is 3. The molecule has 2 heterocycles. The van der Waals surface area contributed by atoms with E-state index in [2.05, 4.69) is 19.2 Å². The summed E-state index contributed by atoms with van der Waals surface area (Å²) in [4.78, 5) is 43.3. The van der Waals surface area contributed by atoms with E-state index in [0.29, 0.717) is 44.8 Å². The van der Waals surface area contributed by atoms with E-state index in [4.69, 9.17) is 0 Å². The lowest BCUT2D eigenvalue weighted by molar-refractivity contribution is -0.161. The fraction of sp³-hybridized carbons (Fsp3) is 0.833. The number of hydrogen-bond acceptors (Lipinski definition) is 3. The molecule has 0 saturated carbocycles. The SMILES string of the molecule is CCCN1C(=O)C(CC(C)C)NC(=O)C12CCN(C(=O)N(C)C)CC2. The second-order valence-corrected chi connectivity index (χ2v) is 7.84. The molecule has 0 aromatic rings. The lowest BCUT2D eigenvalue weighted by Crippen LogP contribution is -2.73. The molecule has 1 atom stereocenters. The molecule has 1 spiro atoms. The smallest absolute Gasteiger partial charge is 0.319 e. The largest absolute Gasteiger partial charge is 0.342 e. The highest BCUT2D eigenvalue weighted by molar-refractivity contribution is 6.00. The van der Waals surface area contributed by atoms with Crippen LogP contribution in [0.15, 0.2) is 0 Å². The van der Waals surface area contributed by atoms with Crippen LogP contribution in [0.1, 0.15) is 46.5 Å². The molecular formula is C18H32N4O3. The summed E-state index contributed by atoms with van der Waals surface area (Å²) >= 11 is 0. The van der Waals surface area contributed by atoms with Gasteiger partial charge in [0, 0.05) is 33.7 Å². The van der Waals surface area contributed by atoms with Crippen LogP contribution < -0.4 is 5.32 Å². The first-order valence-electron chi connectivity index (χ1n) is 9.31. The summed E-state index contributed by atoms with van der Waals surface area (Å²) in [6, 6.07) is -0.469. The van der Waals surface area contributed by atoms with Crippen LogP contribution in [-0.2, 0) is 9.59 Å². The van der Waals surface area contributed by atoms with E-state index in [9.17, 15) is 14.4 Å². The zero-order valence-corrected chi connectivity index (χ0v) is 16.2. The van der Waals surface area contributed by atoms with Crippen LogP contribution in [0.5, 0.6) is 0 Å². The number of amides is 4. The number of nitrogens with one attached hydrogen (secondary N) is 1. The minimum absolute atomic E-state index is 0.0301. The molecule has 2 rings (SSSR count). The molecule has 2 aliphatic rings. The Morgan fingerprint density at radius 2 is 1.88 bits per heavy atom. The average Bonchev–Trinajstić information content (AvgIpc) is 2.56. The Morgan fingerprint density at radius 3 is 2.36 bits per heavy atom. The molecule has 25 heavy (non-hydrogen) atoms. The third kappa shape index (κ3) is 3.75. The van der Waals surface area contributed by atoms with Gasteiger partial charge in [0.1, 0.15) is 11.6 Å². The number of carbonyl (C=O) groups is 3. The van der Waals surface area contributed by atoms with Crippen LogP contribution in [0.2, 0.25) is 0 Å². The standard InChI is InChI=1S/C18H32N4O3/c1-6-9-22-15(23)14(12-13(2)3)19-16(24)18(22)7-10-21(11-8-18)17(25)20(4)5/h13-14H,6-12H2,1-5H3,(H,19,24). The summed E-state index contributed by atoms with van der Waals surface area (Å²) in [5, 5.41) is 2.97. The van der Waals surface area contributed by atoms with Crippen molar-refractivity contribution in [1.29, 1.82) is 0 Å². The maximum atomic E-state index is 13.0. The molecule has 2 fully saturated rings. The van der Waals surface area contributed by atoms with Gasteiger partial charge in [-0.15, -0.1) is 0 Å². The molecule has 7 heteroatoms. The van der Waals surface area contributed by atoms with Gasteiger partial charge >= 0.3 is 6.03 Å². The molecule has 0 aromatic carbocycles. The molecule has 1 unspecified atom stereocenters. The first kappa shape index (κ1) is 19.5. The van der Waals surface area contributed by atoms with Crippen molar-refractivity contribution in [2.45, 2.75) is 58.0 Å². The number of likely N-dealkylation sites (tertiary alicyclic amines) is 1. The van der Waals surface area contributed by atoms with Crippen molar-refractivity contribution in [3.8, 4) is 0 Å². The van der Waals surface area contributed by atoms with Gasteiger partial charge in [0.2, 0.25) is 11.8 Å². The lowest BCUT2D eigenvalue weighted by atomic mass is 9.81. The van der Waals surface area contributed by atoms with Gasteiger partial charge < -0.3 is 20.0 Å². The number of urea groups is 1. The number of rotatable bonds is 4. The molecule has 0 bridgehead atoms. The van der Waals surface area contributed by atoms with Gasteiger partial charge in [-0.1, -0.05) is 20.8 Å². The van der Waals surface area contributed by atoms with E-state index in [1.807, 2.05) is 6.92 Å². The van der Waals surface area contributed by atoms with Crippen molar-refractivity contribution < 1.29 is 14.4 Å². The zero-order valence-electron chi connectivity index (χ0n) is 16.2. The van der Waals surface area contributed by atoms with E-state index in [0.717, 1.165) is 6.42 Å². The Kier molecular flexibility index (Phi) is 5.95. The molecular weight excluding hydrogens is 320 g/mol. The normalized spacial score (nSPS) is 23.2. The monoisotopic (exact) mass is 352 g/mol. The van der Waals surface area contributed by atoms with Gasteiger partial charge in [-0.2, -0.15) is 0 Å². The van der Waals surface area contributed by atoms with Crippen molar-refractivity contribution in [3.63, 3.8) is 0 Å². The molecule has 1 N–H and O–H groups in total. The number of piperidine rings is 1. The van der Waals surface area contributed by atoms with E-state index in [1.54, 1.807) is 28.8 Å². The quantitative estimate of drug-likeness (QED) is 0.828. The predicted molar refractivity (Wildman–Crippen MR) is 96.0 cm³/mol. The summed E-state index contributed by atoms with van der Waals surface area (Å²) in [7, 11) is 3.45. The molecule has 0 aromatic heterocycles. The first-order chi connectivity index (χ1) is 11.7. The van der Waals surface area contributed by atoms with Crippen LogP contribution in [0.4, 0.5) is 4.79 Å². The summed E-state index contributed by atoms with van der Waals surface area (Å²) in [5.74, 6) is 0.317. The van der Waals surface area contributed by atoms with Crippen molar-refractivity contribution in [2.24, 2.45) is 5.92 Å². The van der Waals surface area contributed by atoms with Crippen molar-refractivity contribution in [3.05, 3.63) is 0 Å². The summed E-state index contributed by atoms with van der Waals surface area (Å²) in [5.41, 5.74) is -0.802. The zero-order chi connectivity index (χ0) is 18.8. The highest BCUT2D eigenvalue weighted by Crippen LogP contribution is 2.34. The number of piperazine rings is 1. The Labute approximate surface area is 150 Å². The molecule has 0 radical (unpaired) electrons. The fourth-order valence-corrected chi connectivity index (χ4v) is 3.90. The molecule has 0 aliphatic carbocycles. The summed E-state index contributed by atoms with van der Waals surface area (Å²) in [6.45, 7) is 7.70. The maximum absolute atomic E-state index is 13.0. The minimum Gasteiger partial charge on any atom is -0.342 e. The second-order valence-electron chi connectivity index (χ2n) is 7.84. The van der Waals surface area contributed by atoms with Gasteiger partial charge in [-0.25, -0.2) is 4.79 Å². The summed E-state index contributed by atoms with van der Waals surface area (Å²) < 4.78 is 0. The maximum Gasteiger partial charge on any atom is 0.319 e. The third-order valence-corrected chi connectivity index (χ3v) is 5.21. The highest BCUT2D eigenvalue weighted by Gasteiger charge is 2.53. The highest BCUT2D eigenvalue weighted by atomic mass is 16.2. The van der Waals surface area contributed by atoms with Crippen LogP contribution in [0.25, 0.3) is 0 Å². The topological polar surface area (TPSA) is 73.0 Å². The molecule has 4 amide bonds. The van der Waals surface area contributed by atoms with Crippen molar-refractivity contribution >= 4 is 17.8 Å². The second kappa shape index (κ2) is 7.62. The Balaban J connectivity index is 2.20.